The van der Waals surface area contributed by atoms with Gasteiger partial charge in [0.15, 0.2) is 0 Å². The first-order valence-corrected chi connectivity index (χ1v) is 9.72. The summed E-state index contributed by atoms with van der Waals surface area (Å²) in [6, 6.07) is 7.88. The number of aromatic nitrogens is 4. The summed E-state index contributed by atoms with van der Waals surface area (Å²) in [4.78, 5) is 16.5. The van der Waals surface area contributed by atoms with Gasteiger partial charge in [-0.1, -0.05) is 35.0 Å². The standard InChI is InChI=1S/C18H22N6O2S/c1-10(2)20-13(25)9-24-15(19)14(18(22-24)27-4)17-21-16(23-26-17)12-7-5-11(3)6-8-12/h5-8,10H,9,19H2,1-4H3,(H,20,25). The third-order valence-corrected chi connectivity index (χ3v) is 4.52. The van der Waals surface area contributed by atoms with E-state index in [9.17, 15) is 4.79 Å². The van der Waals surface area contributed by atoms with Crippen LogP contribution < -0.4 is 11.1 Å². The number of carbonyl (C=O) groups is 1. The van der Waals surface area contributed by atoms with Gasteiger partial charge in [-0.25, -0.2) is 4.68 Å². The first-order chi connectivity index (χ1) is 12.9. The van der Waals surface area contributed by atoms with Crippen LogP contribution in [-0.4, -0.2) is 38.1 Å². The van der Waals surface area contributed by atoms with E-state index < -0.39 is 0 Å². The zero-order chi connectivity index (χ0) is 19.6. The molecule has 0 bridgehead atoms. The number of nitrogen functional groups attached to an aromatic ring is 1. The number of aryl methyl sites for hydroxylation is 1. The van der Waals surface area contributed by atoms with Crippen molar-refractivity contribution in [3.8, 4) is 22.8 Å². The van der Waals surface area contributed by atoms with E-state index in [1.165, 1.54) is 16.4 Å². The van der Waals surface area contributed by atoms with Gasteiger partial charge < -0.3 is 15.6 Å². The number of nitrogens with two attached hydrogens (primary N) is 1. The number of anilines is 1. The summed E-state index contributed by atoms with van der Waals surface area (Å²) in [6.45, 7) is 5.83. The van der Waals surface area contributed by atoms with E-state index in [4.69, 9.17) is 10.3 Å². The molecule has 0 aliphatic heterocycles. The smallest absolute Gasteiger partial charge is 0.264 e. The highest BCUT2D eigenvalue weighted by Crippen LogP contribution is 2.34. The Hall–Kier alpha value is -2.81. The maximum absolute atomic E-state index is 12.1. The first kappa shape index (κ1) is 19.0. The van der Waals surface area contributed by atoms with Gasteiger partial charge in [0.1, 0.15) is 23.0 Å². The SMILES string of the molecule is CSc1nn(CC(=O)NC(C)C)c(N)c1-c1nc(-c2ccc(C)cc2)no1. The van der Waals surface area contributed by atoms with E-state index in [2.05, 4.69) is 20.6 Å². The third-order valence-electron chi connectivity index (χ3n) is 3.85. The van der Waals surface area contributed by atoms with Gasteiger partial charge in [-0.05, 0) is 27.0 Å². The zero-order valence-electron chi connectivity index (χ0n) is 15.7. The second-order valence-corrected chi connectivity index (χ2v) is 7.23. The minimum Gasteiger partial charge on any atom is -0.383 e. The molecular weight excluding hydrogens is 364 g/mol. The predicted molar refractivity (Wildman–Crippen MR) is 105 cm³/mol. The quantitative estimate of drug-likeness (QED) is 0.626. The number of nitrogens with one attached hydrogen (secondary N) is 1. The van der Waals surface area contributed by atoms with Crippen LogP contribution in [0.3, 0.4) is 0 Å². The molecule has 0 saturated carbocycles. The molecule has 2 heterocycles. The number of nitrogens with zero attached hydrogens (tertiary/aromatic N) is 4. The van der Waals surface area contributed by atoms with E-state index in [1.807, 2.05) is 51.3 Å². The lowest BCUT2D eigenvalue weighted by Gasteiger charge is -2.08. The Morgan fingerprint density at radius 3 is 2.67 bits per heavy atom. The largest absolute Gasteiger partial charge is 0.383 e. The summed E-state index contributed by atoms with van der Waals surface area (Å²) in [7, 11) is 0. The van der Waals surface area contributed by atoms with E-state index in [-0.39, 0.29) is 24.4 Å². The van der Waals surface area contributed by atoms with E-state index in [0.29, 0.717) is 22.2 Å². The molecule has 0 saturated heterocycles. The first-order valence-electron chi connectivity index (χ1n) is 8.49. The van der Waals surface area contributed by atoms with Crippen molar-refractivity contribution >= 4 is 23.5 Å². The molecule has 0 radical (unpaired) electrons. The molecule has 1 amide bonds. The summed E-state index contributed by atoms with van der Waals surface area (Å²) in [5.74, 6) is 0.909. The monoisotopic (exact) mass is 386 g/mol. The molecule has 3 aromatic rings. The van der Waals surface area contributed by atoms with Crippen LogP contribution in [0.15, 0.2) is 33.8 Å². The lowest BCUT2D eigenvalue weighted by molar-refractivity contribution is -0.122. The van der Waals surface area contributed by atoms with E-state index >= 15 is 0 Å². The van der Waals surface area contributed by atoms with Gasteiger partial charge in [-0.2, -0.15) is 10.1 Å². The predicted octanol–water partition coefficient (Wildman–Crippen LogP) is 2.74. The van der Waals surface area contributed by atoms with Gasteiger partial charge in [0.2, 0.25) is 11.7 Å². The molecule has 27 heavy (non-hydrogen) atoms. The summed E-state index contributed by atoms with van der Waals surface area (Å²) < 4.78 is 6.89. The van der Waals surface area contributed by atoms with Crippen molar-refractivity contribution in [1.82, 2.24) is 25.2 Å². The van der Waals surface area contributed by atoms with Crippen LogP contribution in [0.4, 0.5) is 5.82 Å². The maximum atomic E-state index is 12.1. The summed E-state index contributed by atoms with van der Waals surface area (Å²) in [6.07, 6.45) is 1.88. The van der Waals surface area contributed by atoms with Crippen molar-refractivity contribution in [2.75, 3.05) is 12.0 Å². The van der Waals surface area contributed by atoms with Crippen molar-refractivity contribution < 1.29 is 9.32 Å². The van der Waals surface area contributed by atoms with Gasteiger partial charge in [-0.15, -0.1) is 11.8 Å². The fraction of sp³-hybridized carbons (Fsp3) is 0.333. The third kappa shape index (κ3) is 4.13. The average molecular weight is 386 g/mol. The topological polar surface area (TPSA) is 112 Å². The van der Waals surface area contributed by atoms with Gasteiger partial charge >= 0.3 is 0 Å². The van der Waals surface area contributed by atoms with Crippen LogP contribution in [0.25, 0.3) is 22.8 Å². The molecule has 3 rings (SSSR count). The summed E-state index contributed by atoms with van der Waals surface area (Å²) >= 11 is 1.40. The van der Waals surface area contributed by atoms with Gasteiger partial charge in [0.05, 0.1) is 0 Å². The van der Waals surface area contributed by atoms with Crippen molar-refractivity contribution in [1.29, 1.82) is 0 Å². The Morgan fingerprint density at radius 2 is 2.04 bits per heavy atom. The molecule has 2 aromatic heterocycles. The Kier molecular flexibility index (Phi) is 5.50. The van der Waals surface area contributed by atoms with Gasteiger partial charge in [0, 0.05) is 11.6 Å². The molecule has 0 fully saturated rings. The lowest BCUT2D eigenvalue weighted by atomic mass is 10.1. The molecule has 0 aliphatic rings. The number of hydrogen-bond donors (Lipinski definition) is 2. The summed E-state index contributed by atoms with van der Waals surface area (Å²) in [5.41, 5.74) is 8.79. The highest BCUT2D eigenvalue weighted by Gasteiger charge is 2.23. The minimum absolute atomic E-state index is 0.0243. The maximum Gasteiger partial charge on any atom is 0.264 e. The fourth-order valence-corrected chi connectivity index (χ4v) is 3.14. The van der Waals surface area contributed by atoms with E-state index in [0.717, 1.165) is 11.1 Å². The van der Waals surface area contributed by atoms with Crippen molar-refractivity contribution in [3.63, 3.8) is 0 Å². The number of thioether (sulfide) groups is 1. The number of carbonyl (C=O) groups excluding carboxylic acids is 1. The number of hydrogen-bond acceptors (Lipinski definition) is 7. The normalized spacial score (nSPS) is 11.1. The van der Waals surface area contributed by atoms with E-state index in [1.54, 1.807) is 0 Å². The second-order valence-electron chi connectivity index (χ2n) is 6.44. The molecule has 9 heteroatoms. The number of benzene rings is 1. The number of amides is 1. The van der Waals surface area contributed by atoms with Crippen LogP contribution >= 0.6 is 11.8 Å². The molecule has 142 valence electrons. The second kappa shape index (κ2) is 7.83. The molecule has 0 atom stereocenters. The van der Waals surface area contributed by atoms with Crippen molar-refractivity contribution in [2.24, 2.45) is 0 Å². The fourth-order valence-electron chi connectivity index (χ4n) is 2.57. The highest BCUT2D eigenvalue weighted by molar-refractivity contribution is 7.98. The minimum atomic E-state index is -0.163. The molecule has 0 spiro atoms. The molecule has 3 N–H and O–H groups in total. The van der Waals surface area contributed by atoms with Crippen molar-refractivity contribution in [3.05, 3.63) is 29.8 Å². The Bertz CT molecular complexity index is 945. The van der Waals surface area contributed by atoms with Crippen LogP contribution in [-0.2, 0) is 11.3 Å². The molecule has 0 aliphatic carbocycles. The zero-order valence-corrected chi connectivity index (χ0v) is 16.5. The molecule has 8 nitrogen and oxygen atoms in total. The van der Waals surface area contributed by atoms with Crippen LogP contribution in [0.2, 0.25) is 0 Å². The van der Waals surface area contributed by atoms with Crippen LogP contribution in [0.5, 0.6) is 0 Å². The lowest BCUT2D eigenvalue weighted by Crippen LogP contribution is -2.33. The summed E-state index contributed by atoms with van der Waals surface area (Å²) in [5, 5.41) is 11.9. The average Bonchev–Trinajstić information content (AvgIpc) is 3.20. The Balaban J connectivity index is 1.92. The van der Waals surface area contributed by atoms with Gasteiger partial charge in [0.25, 0.3) is 5.89 Å². The van der Waals surface area contributed by atoms with Crippen LogP contribution in [0, 0.1) is 6.92 Å². The van der Waals surface area contributed by atoms with Crippen LogP contribution in [0.1, 0.15) is 19.4 Å². The molecule has 1 aromatic carbocycles. The molecule has 0 unspecified atom stereocenters. The highest BCUT2D eigenvalue weighted by atomic mass is 32.2. The Labute approximate surface area is 161 Å². The number of rotatable bonds is 6. The van der Waals surface area contributed by atoms with Crippen molar-refractivity contribution in [2.45, 2.75) is 38.4 Å². The molecular formula is C18H22N6O2S. The van der Waals surface area contributed by atoms with Gasteiger partial charge in [-0.3, -0.25) is 4.79 Å². The Morgan fingerprint density at radius 1 is 1.33 bits per heavy atom.